The molecule has 6 nitrogen and oxygen atoms in total. The molecule has 0 bridgehead atoms. The summed E-state index contributed by atoms with van der Waals surface area (Å²) in [6.07, 6.45) is 0. The molecule has 0 aliphatic heterocycles. The van der Waals surface area contributed by atoms with E-state index in [1.54, 1.807) is 60.7 Å². The number of benzene rings is 3. The van der Waals surface area contributed by atoms with Gasteiger partial charge >= 0.3 is 0 Å². The standard InChI is InChI=1S/C20H18ClN3O3S/c21-17-12-11-15(13-18(17)22)23-20(25)19(14-7-3-1-4-8-14)24-28(26,27)16-9-5-2-6-10-16/h1-13,19,24H,22H2,(H,23,25). The lowest BCUT2D eigenvalue weighted by Crippen LogP contribution is -2.37. The van der Waals surface area contributed by atoms with Gasteiger partial charge in [0.15, 0.2) is 0 Å². The largest absolute Gasteiger partial charge is 0.397 e. The van der Waals surface area contributed by atoms with E-state index in [1.165, 1.54) is 18.2 Å². The van der Waals surface area contributed by atoms with Gasteiger partial charge in [-0.15, -0.1) is 0 Å². The van der Waals surface area contributed by atoms with Crippen molar-refractivity contribution in [2.75, 3.05) is 11.1 Å². The van der Waals surface area contributed by atoms with E-state index in [0.717, 1.165) is 0 Å². The predicted molar refractivity (Wildman–Crippen MR) is 110 cm³/mol. The van der Waals surface area contributed by atoms with Crippen LogP contribution in [0.2, 0.25) is 5.02 Å². The van der Waals surface area contributed by atoms with Crippen molar-refractivity contribution < 1.29 is 13.2 Å². The van der Waals surface area contributed by atoms with E-state index in [4.69, 9.17) is 17.3 Å². The van der Waals surface area contributed by atoms with Gasteiger partial charge in [-0.25, -0.2) is 8.42 Å². The zero-order valence-electron chi connectivity index (χ0n) is 14.7. The molecule has 0 heterocycles. The number of hydrogen-bond acceptors (Lipinski definition) is 4. The van der Waals surface area contributed by atoms with Crippen molar-refractivity contribution in [3.8, 4) is 0 Å². The summed E-state index contributed by atoms with van der Waals surface area (Å²) in [4.78, 5) is 13.0. The van der Waals surface area contributed by atoms with Crippen LogP contribution in [-0.2, 0) is 14.8 Å². The fraction of sp³-hybridized carbons (Fsp3) is 0.0500. The molecule has 1 unspecified atom stereocenters. The van der Waals surface area contributed by atoms with Gasteiger partial charge in [0.25, 0.3) is 0 Å². The van der Waals surface area contributed by atoms with Gasteiger partial charge < -0.3 is 11.1 Å². The second kappa shape index (κ2) is 8.43. The van der Waals surface area contributed by atoms with Crippen LogP contribution in [0.3, 0.4) is 0 Å². The molecule has 3 aromatic rings. The van der Waals surface area contributed by atoms with Gasteiger partial charge in [0, 0.05) is 5.69 Å². The summed E-state index contributed by atoms with van der Waals surface area (Å²) in [5, 5.41) is 3.04. The van der Waals surface area contributed by atoms with E-state index in [-0.39, 0.29) is 4.90 Å². The number of rotatable bonds is 6. The van der Waals surface area contributed by atoms with Crippen LogP contribution in [-0.4, -0.2) is 14.3 Å². The highest BCUT2D eigenvalue weighted by molar-refractivity contribution is 7.89. The van der Waals surface area contributed by atoms with Gasteiger partial charge in [-0.1, -0.05) is 60.1 Å². The molecule has 0 saturated heterocycles. The third-order valence-corrected chi connectivity index (χ3v) is 5.77. The van der Waals surface area contributed by atoms with Crippen molar-refractivity contribution in [3.63, 3.8) is 0 Å². The summed E-state index contributed by atoms with van der Waals surface area (Å²) in [5.74, 6) is -0.549. The third kappa shape index (κ3) is 4.69. The Balaban J connectivity index is 1.91. The molecule has 0 aromatic heterocycles. The van der Waals surface area contributed by atoms with Crippen LogP contribution in [0.5, 0.6) is 0 Å². The summed E-state index contributed by atoms with van der Waals surface area (Å²) in [6.45, 7) is 0. The minimum absolute atomic E-state index is 0.0690. The normalized spacial score (nSPS) is 12.3. The first-order chi connectivity index (χ1) is 13.4. The summed E-state index contributed by atoms with van der Waals surface area (Å²) in [5.41, 5.74) is 6.98. The van der Waals surface area contributed by atoms with Gasteiger partial charge in [-0.3, -0.25) is 4.79 Å². The highest BCUT2D eigenvalue weighted by atomic mass is 35.5. The van der Waals surface area contributed by atoms with Gasteiger partial charge in [0.1, 0.15) is 6.04 Å². The van der Waals surface area contributed by atoms with E-state index in [0.29, 0.717) is 22.0 Å². The molecule has 3 rings (SSSR count). The third-order valence-electron chi connectivity index (χ3n) is 3.99. The Hall–Kier alpha value is -2.87. The smallest absolute Gasteiger partial charge is 0.247 e. The van der Waals surface area contributed by atoms with E-state index in [1.807, 2.05) is 0 Å². The zero-order chi connectivity index (χ0) is 20.1. The van der Waals surface area contributed by atoms with Crippen molar-refractivity contribution >= 4 is 38.9 Å². The molecule has 4 N–H and O–H groups in total. The molecule has 144 valence electrons. The number of nitrogens with two attached hydrogens (primary N) is 1. The average molecular weight is 416 g/mol. The Morgan fingerprint density at radius 1 is 0.929 bits per heavy atom. The minimum Gasteiger partial charge on any atom is -0.397 e. The number of halogens is 1. The van der Waals surface area contributed by atoms with Crippen LogP contribution >= 0.6 is 11.6 Å². The topological polar surface area (TPSA) is 101 Å². The van der Waals surface area contributed by atoms with Crippen LogP contribution in [0.4, 0.5) is 11.4 Å². The molecular weight excluding hydrogens is 398 g/mol. The second-order valence-electron chi connectivity index (χ2n) is 6.00. The van der Waals surface area contributed by atoms with Gasteiger partial charge in [0.05, 0.1) is 15.6 Å². The first-order valence-electron chi connectivity index (χ1n) is 8.35. The van der Waals surface area contributed by atoms with Crippen molar-refractivity contribution in [2.45, 2.75) is 10.9 Å². The van der Waals surface area contributed by atoms with Crippen LogP contribution in [0.25, 0.3) is 0 Å². The summed E-state index contributed by atoms with van der Waals surface area (Å²) < 4.78 is 28.0. The molecule has 1 atom stereocenters. The van der Waals surface area contributed by atoms with Crippen molar-refractivity contribution in [1.29, 1.82) is 0 Å². The lowest BCUT2D eigenvalue weighted by Gasteiger charge is -2.19. The number of sulfonamides is 1. The SMILES string of the molecule is Nc1cc(NC(=O)C(NS(=O)(=O)c2ccccc2)c2ccccc2)ccc1Cl. The highest BCUT2D eigenvalue weighted by Crippen LogP contribution is 2.24. The van der Waals surface area contributed by atoms with Crippen LogP contribution in [0, 0.1) is 0 Å². The van der Waals surface area contributed by atoms with Crippen LogP contribution < -0.4 is 15.8 Å². The predicted octanol–water partition coefficient (Wildman–Crippen LogP) is 3.58. The maximum atomic E-state index is 12.9. The first-order valence-corrected chi connectivity index (χ1v) is 10.2. The number of anilines is 2. The van der Waals surface area contributed by atoms with Gasteiger partial charge in [-0.05, 0) is 35.9 Å². The van der Waals surface area contributed by atoms with E-state index < -0.39 is 22.0 Å². The lowest BCUT2D eigenvalue weighted by molar-refractivity contribution is -0.117. The number of nitrogens with one attached hydrogen (secondary N) is 2. The van der Waals surface area contributed by atoms with Gasteiger partial charge in [-0.2, -0.15) is 4.72 Å². The maximum Gasteiger partial charge on any atom is 0.247 e. The maximum absolute atomic E-state index is 12.9. The monoisotopic (exact) mass is 415 g/mol. The highest BCUT2D eigenvalue weighted by Gasteiger charge is 2.27. The Morgan fingerprint density at radius 2 is 1.54 bits per heavy atom. The average Bonchev–Trinajstić information content (AvgIpc) is 2.70. The quantitative estimate of drug-likeness (QED) is 0.535. The number of carbonyl (C=O) groups is 1. The van der Waals surface area contributed by atoms with Gasteiger partial charge in [0.2, 0.25) is 15.9 Å². The molecule has 0 radical (unpaired) electrons. The minimum atomic E-state index is -3.92. The first kappa shape index (κ1) is 19.9. The number of hydrogen-bond donors (Lipinski definition) is 3. The molecule has 3 aromatic carbocycles. The Kier molecular flexibility index (Phi) is 5.99. The molecule has 8 heteroatoms. The fourth-order valence-electron chi connectivity index (χ4n) is 2.58. The fourth-order valence-corrected chi connectivity index (χ4v) is 3.90. The van der Waals surface area contributed by atoms with Crippen molar-refractivity contribution in [3.05, 3.63) is 89.4 Å². The second-order valence-corrected chi connectivity index (χ2v) is 8.12. The molecular formula is C20H18ClN3O3S. The summed E-state index contributed by atoms with van der Waals surface area (Å²) in [6, 6.07) is 20.0. The van der Waals surface area contributed by atoms with Crippen LogP contribution in [0.1, 0.15) is 11.6 Å². The molecule has 0 aliphatic carbocycles. The van der Waals surface area contributed by atoms with E-state index in [2.05, 4.69) is 10.0 Å². The lowest BCUT2D eigenvalue weighted by atomic mass is 10.1. The van der Waals surface area contributed by atoms with Crippen LogP contribution in [0.15, 0.2) is 83.8 Å². The molecule has 1 amide bonds. The molecule has 0 saturated carbocycles. The summed E-state index contributed by atoms with van der Waals surface area (Å²) >= 11 is 5.90. The molecule has 28 heavy (non-hydrogen) atoms. The van der Waals surface area contributed by atoms with Crippen molar-refractivity contribution in [2.24, 2.45) is 0 Å². The van der Waals surface area contributed by atoms with Crippen molar-refractivity contribution in [1.82, 2.24) is 4.72 Å². The Bertz CT molecular complexity index is 1070. The zero-order valence-corrected chi connectivity index (χ0v) is 16.2. The Morgan fingerprint density at radius 3 is 2.14 bits per heavy atom. The molecule has 0 spiro atoms. The Labute approximate surface area is 168 Å². The molecule has 0 aliphatic rings. The number of nitrogen functional groups attached to an aromatic ring is 1. The number of carbonyl (C=O) groups excluding carboxylic acids is 1. The summed E-state index contributed by atoms with van der Waals surface area (Å²) in [7, 11) is -3.92. The molecule has 0 fully saturated rings. The van der Waals surface area contributed by atoms with E-state index in [9.17, 15) is 13.2 Å². The number of amides is 1. The van der Waals surface area contributed by atoms with E-state index >= 15 is 0 Å².